The highest BCUT2D eigenvalue weighted by atomic mass is 19.2. The van der Waals surface area contributed by atoms with Gasteiger partial charge in [0.2, 0.25) is 5.82 Å². The van der Waals surface area contributed by atoms with Gasteiger partial charge >= 0.3 is 0 Å². The lowest BCUT2D eigenvalue weighted by molar-refractivity contribution is 0.155. The number of benzene rings is 1. The minimum absolute atomic E-state index is 0.0762. The summed E-state index contributed by atoms with van der Waals surface area (Å²) < 4.78 is 35.9. The highest BCUT2D eigenvalue weighted by Crippen LogP contribution is 2.45. The number of hydrogen-bond acceptors (Lipinski definition) is 1. The number of ether oxygens (including phenoxy) is 1. The normalized spacial score (nSPS) is 30.9. The highest BCUT2D eigenvalue weighted by Gasteiger charge is 2.32. The zero-order valence-corrected chi connectivity index (χ0v) is 23.0. The van der Waals surface area contributed by atoms with E-state index in [4.69, 9.17) is 4.74 Å². The fourth-order valence-electron chi connectivity index (χ4n) is 7.40. The Kier molecular flexibility index (Phi) is 10.7. The molecule has 1 nitrogen and oxygen atoms in total. The lowest BCUT2D eigenvalue weighted by atomic mass is 9.68. The van der Waals surface area contributed by atoms with Crippen LogP contribution >= 0.6 is 0 Å². The predicted molar refractivity (Wildman–Crippen MR) is 146 cm³/mol. The molecule has 1 aromatic rings. The molecule has 0 bridgehead atoms. The minimum Gasteiger partial charge on any atom is -0.490 e. The van der Waals surface area contributed by atoms with E-state index in [1.165, 1.54) is 83.5 Å². The largest absolute Gasteiger partial charge is 0.490 e. The molecule has 3 heteroatoms. The van der Waals surface area contributed by atoms with Crippen LogP contribution in [0.1, 0.15) is 128 Å². The Morgan fingerprint density at radius 2 is 1.36 bits per heavy atom. The van der Waals surface area contributed by atoms with Crippen LogP contribution in [0.25, 0.3) is 0 Å². The van der Waals surface area contributed by atoms with Crippen molar-refractivity contribution >= 4 is 0 Å². The van der Waals surface area contributed by atoms with Crippen molar-refractivity contribution in [3.63, 3.8) is 0 Å². The van der Waals surface area contributed by atoms with E-state index >= 15 is 4.39 Å². The first kappa shape index (κ1) is 27.6. The number of unbranched alkanes of at least 4 members (excludes halogenated alkanes) is 2. The maximum Gasteiger partial charge on any atom is 0.200 e. The molecular weight excluding hydrogens is 450 g/mol. The van der Waals surface area contributed by atoms with Gasteiger partial charge in [0.05, 0.1) is 6.61 Å². The number of halogens is 2. The smallest absolute Gasteiger partial charge is 0.200 e. The van der Waals surface area contributed by atoms with Crippen molar-refractivity contribution < 1.29 is 13.5 Å². The number of allylic oxidation sites excluding steroid dienone is 1. The van der Waals surface area contributed by atoms with E-state index in [2.05, 4.69) is 26.0 Å². The molecule has 202 valence electrons. The van der Waals surface area contributed by atoms with Gasteiger partial charge in [-0.2, -0.15) is 4.39 Å². The van der Waals surface area contributed by atoms with Crippen molar-refractivity contribution in [1.29, 1.82) is 0 Å². The third kappa shape index (κ3) is 7.35. The van der Waals surface area contributed by atoms with Crippen LogP contribution < -0.4 is 4.74 Å². The molecule has 0 aliphatic heterocycles. The molecule has 36 heavy (non-hydrogen) atoms. The Morgan fingerprint density at radius 3 is 2.00 bits per heavy atom. The molecule has 3 aliphatic carbocycles. The molecular formula is C33H50F2O. The fraction of sp³-hybridized carbons (Fsp3) is 0.758. The zero-order valence-electron chi connectivity index (χ0n) is 23.0. The summed E-state index contributed by atoms with van der Waals surface area (Å²) >= 11 is 0. The molecule has 3 aliphatic rings. The van der Waals surface area contributed by atoms with Gasteiger partial charge in [0.1, 0.15) is 0 Å². The molecule has 0 N–H and O–H groups in total. The van der Waals surface area contributed by atoms with Gasteiger partial charge in [-0.15, -0.1) is 0 Å². The molecule has 0 heterocycles. The summed E-state index contributed by atoms with van der Waals surface area (Å²) in [5.74, 6) is 2.31. The maximum atomic E-state index is 15.1. The van der Waals surface area contributed by atoms with Crippen LogP contribution in [0.2, 0.25) is 0 Å². The average molecular weight is 501 g/mol. The molecule has 2 atom stereocenters. The topological polar surface area (TPSA) is 9.23 Å². The van der Waals surface area contributed by atoms with E-state index in [1.807, 2.05) is 0 Å². The Labute approximate surface area is 219 Å². The zero-order chi connectivity index (χ0) is 25.3. The quantitative estimate of drug-likeness (QED) is 0.217. The van der Waals surface area contributed by atoms with E-state index in [-0.39, 0.29) is 11.7 Å². The second-order valence-electron chi connectivity index (χ2n) is 12.3. The lowest BCUT2D eigenvalue weighted by Gasteiger charge is -2.38. The van der Waals surface area contributed by atoms with Crippen LogP contribution in [0.5, 0.6) is 5.75 Å². The molecule has 2 unspecified atom stereocenters. The Bertz CT molecular complexity index is 817. The summed E-state index contributed by atoms with van der Waals surface area (Å²) in [6.45, 7) is 4.97. The van der Waals surface area contributed by atoms with Crippen molar-refractivity contribution in [2.45, 2.75) is 122 Å². The Hall–Kier alpha value is -1.38. The Morgan fingerprint density at radius 1 is 0.694 bits per heavy atom. The average Bonchev–Trinajstić information content (AvgIpc) is 2.91. The molecule has 1 aromatic carbocycles. The summed E-state index contributed by atoms with van der Waals surface area (Å²) in [5.41, 5.74) is 0.567. The first-order chi connectivity index (χ1) is 17.6. The summed E-state index contributed by atoms with van der Waals surface area (Å²) in [5, 5.41) is 0. The van der Waals surface area contributed by atoms with E-state index in [9.17, 15) is 4.39 Å². The third-order valence-electron chi connectivity index (χ3n) is 9.74. The van der Waals surface area contributed by atoms with Gasteiger partial charge in [0.15, 0.2) is 11.6 Å². The van der Waals surface area contributed by atoms with Gasteiger partial charge in [-0.3, -0.25) is 0 Å². The van der Waals surface area contributed by atoms with Crippen molar-refractivity contribution in [2.75, 3.05) is 6.61 Å². The lowest BCUT2D eigenvalue weighted by Crippen LogP contribution is -2.25. The molecule has 4 rings (SSSR count). The van der Waals surface area contributed by atoms with Gasteiger partial charge in [0.25, 0.3) is 0 Å². The van der Waals surface area contributed by atoms with Crippen molar-refractivity contribution in [3.05, 3.63) is 41.5 Å². The van der Waals surface area contributed by atoms with E-state index < -0.39 is 11.6 Å². The summed E-state index contributed by atoms with van der Waals surface area (Å²) in [4.78, 5) is 0. The van der Waals surface area contributed by atoms with Gasteiger partial charge in [-0.25, -0.2) is 4.39 Å². The summed E-state index contributed by atoms with van der Waals surface area (Å²) in [6.07, 6.45) is 24.5. The van der Waals surface area contributed by atoms with Gasteiger partial charge < -0.3 is 4.74 Å². The van der Waals surface area contributed by atoms with E-state index in [0.29, 0.717) is 24.0 Å². The maximum absolute atomic E-state index is 15.1. The number of rotatable bonds is 11. The molecule has 0 radical (unpaired) electrons. The van der Waals surface area contributed by atoms with Gasteiger partial charge in [-0.05, 0) is 99.0 Å². The first-order valence-corrected chi connectivity index (χ1v) is 15.4. The molecule has 0 spiro atoms. The molecule has 2 saturated carbocycles. The van der Waals surface area contributed by atoms with Crippen LogP contribution in [0, 0.1) is 41.2 Å². The van der Waals surface area contributed by atoms with Gasteiger partial charge in [-0.1, -0.05) is 77.0 Å². The van der Waals surface area contributed by atoms with Gasteiger partial charge in [0, 0.05) is 5.92 Å². The summed E-state index contributed by atoms with van der Waals surface area (Å²) in [6, 6.07) is 3.48. The van der Waals surface area contributed by atoms with Crippen molar-refractivity contribution in [2.24, 2.45) is 29.6 Å². The van der Waals surface area contributed by atoms with Crippen molar-refractivity contribution in [1.82, 2.24) is 0 Å². The van der Waals surface area contributed by atoms with Crippen LogP contribution in [-0.2, 0) is 0 Å². The molecule has 0 saturated heterocycles. The third-order valence-corrected chi connectivity index (χ3v) is 9.74. The number of hydrogen-bond donors (Lipinski definition) is 0. The van der Waals surface area contributed by atoms with Crippen molar-refractivity contribution in [3.8, 4) is 5.75 Å². The Balaban J connectivity index is 1.24. The van der Waals surface area contributed by atoms with E-state index in [1.54, 1.807) is 12.1 Å². The second kappa shape index (κ2) is 14.0. The second-order valence-corrected chi connectivity index (χ2v) is 12.3. The minimum atomic E-state index is -0.791. The van der Waals surface area contributed by atoms with Crippen LogP contribution in [-0.4, -0.2) is 6.61 Å². The SMILES string of the molecule is CCCCCC1C=CC(COc2ccc(C3CCC(C4CCC(CCC)CC4)CC3)c(F)c2F)CC1. The fourth-order valence-corrected chi connectivity index (χ4v) is 7.40. The monoisotopic (exact) mass is 500 g/mol. The highest BCUT2D eigenvalue weighted by molar-refractivity contribution is 5.33. The standard InChI is InChI=1S/C33H50F2O/c1-3-5-6-8-25-9-11-26(12-10-25)23-36-31-22-21-30(32(34)33(31)35)29-19-17-28(18-20-29)27-15-13-24(7-4-2)14-16-27/h9,11,21-22,24-29H,3-8,10,12-20,23H2,1-2H3. The molecule has 2 fully saturated rings. The summed E-state index contributed by atoms with van der Waals surface area (Å²) in [7, 11) is 0. The van der Waals surface area contributed by atoms with Crippen LogP contribution in [0.15, 0.2) is 24.3 Å². The molecule has 0 amide bonds. The first-order valence-electron chi connectivity index (χ1n) is 15.4. The van der Waals surface area contributed by atoms with Crippen LogP contribution in [0.4, 0.5) is 8.78 Å². The van der Waals surface area contributed by atoms with Crippen LogP contribution in [0.3, 0.4) is 0 Å². The van der Waals surface area contributed by atoms with E-state index in [0.717, 1.165) is 37.0 Å². The predicted octanol–water partition coefficient (Wildman–Crippen LogP) is 10.4. The molecule has 0 aromatic heterocycles.